The fourth-order valence-corrected chi connectivity index (χ4v) is 2.44. The molecule has 1 N–H and O–H groups in total. The highest BCUT2D eigenvalue weighted by molar-refractivity contribution is 6.29. The van der Waals surface area contributed by atoms with Crippen LogP contribution in [0.3, 0.4) is 0 Å². The van der Waals surface area contributed by atoms with Crippen molar-refractivity contribution in [1.29, 1.82) is 0 Å². The van der Waals surface area contributed by atoms with Crippen LogP contribution in [0.1, 0.15) is 37.3 Å². The Labute approximate surface area is 106 Å². The van der Waals surface area contributed by atoms with Crippen molar-refractivity contribution in [3.8, 4) is 0 Å². The van der Waals surface area contributed by atoms with Gasteiger partial charge in [0.05, 0.1) is 6.04 Å². The molecule has 1 aliphatic rings. The zero-order valence-corrected chi connectivity index (χ0v) is 10.7. The van der Waals surface area contributed by atoms with Gasteiger partial charge in [-0.2, -0.15) is 0 Å². The van der Waals surface area contributed by atoms with E-state index in [2.05, 4.69) is 15.4 Å². The maximum atomic E-state index is 13.4. The SMILES string of the molecule is CNN1CCCCC[C@@H]1c1cnc(Cl)c(F)c1. The molecular formula is C12H17ClFN3. The Morgan fingerprint density at radius 2 is 2.29 bits per heavy atom. The first-order chi connectivity index (χ1) is 8.22. The van der Waals surface area contributed by atoms with E-state index in [-0.39, 0.29) is 11.2 Å². The van der Waals surface area contributed by atoms with E-state index in [1.807, 2.05) is 7.05 Å². The van der Waals surface area contributed by atoms with Crippen molar-refractivity contribution in [1.82, 2.24) is 15.4 Å². The summed E-state index contributed by atoms with van der Waals surface area (Å²) in [4.78, 5) is 3.89. The van der Waals surface area contributed by atoms with Gasteiger partial charge < -0.3 is 0 Å². The molecule has 3 nitrogen and oxygen atoms in total. The van der Waals surface area contributed by atoms with E-state index in [4.69, 9.17) is 11.6 Å². The van der Waals surface area contributed by atoms with Crippen molar-refractivity contribution in [3.05, 3.63) is 28.8 Å². The molecule has 0 aromatic carbocycles. The molecule has 1 aliphatic heterocycles. The summed E-state index contributed by atoms with van der Waals surface area (Å²) in [5, 5.41) is 2.09. The summed E-state index contributed by atoms with van der Waals surface area (Å²) in [5.41, 5.74) is 4.07. The number of nitrogens with one attached hydrogen (secondary N) is 1. The lowest BCUT2D eigenvalue weighted by Crippen LogP contribution is -2.38. The monoisotopic (exact) mass is 257 g/mol. The number of pyridine rings is 1. The minimum absolute atomic E-state index is 0.0571. The molecule has 5 heteroatoms. The van der Waals surface area contributed by atoms with Gasteiger partial charge in [0.15, 0.2) is 11.0 Å². The molecule has 94 valence electrons. The van der Waals surface area contributed by atoms with Gasteiger partial charge in [-0.1, -0.05) is 24.4 Å². The highest BCUT2D eigenvalue weighted by atomic mass is 35.5. The maximum Gasteiger partial charge on any atom is 0.164 e. The van der Waals surface area contributed by atoms with E-state index >= 15 is 0 Å². The Balaban J connectivity index is 2.25. The van der Waals surface area contributed by atoms with Crippen LogP contribution < -0.4 is 5.43 Å². The van der Waals surface area contributed by atoms with Gasteiger partial charge in [-0.05, 0) is 31.5 Å². The van der Waals surface area contributed by atoms with Gasteiger partial charge in [-0.3, -0.25) is 5.43 Å². The predicted molar refractivity (Wildman–Crippen MR) is 66.2 cm³/mol. The molecule has 1 aromatic rings. The van der Waals surface area contributed by atoms with Crippen LogP contribution in [0.15, 0.2) is 12.3 Å². The average molecular weight is 258 g/mol. The molecule has 1 saturated heterocycles. The van der Waals surface area contributed by atoms with Crippen molar-refractivity contribution in [2.45, 2.75) is 31.7 Å². The molecule has 0 unspecified atom stereocenters. The van der Waals surface area contributed by atoms with Crippen molar-refractivity contribution in [3.63, 3.8) is 0 Å². The van der Waals surface area contributed by atoms with Crippen LogP contribution in [0, 0.1) is 5.82 Å². The van der Waals surface area contributed by atoms with Gasteiger partial charge in [0, 0.05) is 12.7 Å². The molecule has 0 bridgehead atoms. The van der Waals surface area contributed by atoms with Crippen molar-refractivity contribution in [2.24, 2.45) is 0 Å². The summed E-state index contributed by atoms with van der Waals surface area (Å²) in [6.45, 7) is 0.978. The lowest BCUT2D eigenvalue weighted by atomic mass is 10.0. The average Bonchev–Trinajstić information content (AvgIpc) is 2.57. The Bertz CT molecular complexity index is 386. The smallest absolute Gasteiger partial charge is 0.164 e. The highest BCUT2D eigenvalue weighted by Gasteiger charge is 2.22. The number of hydrogen-bond donors (Lipinski definition) is 1. The number of rotatable bonds is 2. The van der Waals surface area contributed by atoms with Crippen molar-refractivity contribution < 1.29 is 4.39 Å². The lowest BCUT2D eigenvalue weighted by Gasteiger charge is -2.29. The normalized spacial score (nSPS) is 22.4. The summed E-state index contributed by atoms with van der Waals surface area (Å²) < 4.78 is 13.4. The number of hydrazine groups is 1. The molecule has 17 heavy (non-hydrogen) atoms. The molecule has 2 heterocycles. The van der Waals surface area contributed by atoms with E-state index in [1.165, 1.54) is 18.9 Å². The Hall–Kier alpha value is -0.710. The van der Waals surface area contributed by atoms with E-state index < -0.39 is 5.82 Å². The van der Waals surface area contributed by atoms with Gasteiger partial charge in [0.1, 0.15) is 0 Å². The van der Waals surface area contributed by atoms with E-state index in [0.717, 1.165) is 24.9 Å². The molecule has 0 amide bonds. The van der Waals surface area contributed by atoms with Crippen LogP contribution in [0.2, 0.25) is 5.15 Å². The van der Waals surface area contributed by atoms with Crippen LogP contribution in [0.25, 0.3) is 0 Å². The largest absolute Gasteiger partial charge is 0.258 e. The summed E-state index contributed by atoms with van der Waals surface area (Å²) >= 11 is 5.61. The molecule has 0 spiro atoms. The number of hydrogen-bond acceptors (Lipinski definition) is 3. The number of nitrogens with zero attached hydrogens (tertiary/aromatic N) is 2. The summed E-state index contributed by atoms with van der Waals surface area (Å²) in [6, 6.07) is 1.68. The summed E-state index contributed by atoms with van der Waals surface area (Å²) in [6.07, 6.45) is 6.24. The van der Waals surface area contributed by atoms with Crippen molar-refractivity contribution >= 4 is 11.6 Å². The van der Waals surface area contributed by atoms with Crippen LogP contribution in [-0.2, 0) is 0 Å². The molecule has 0 radical (unpaired) electrons. The van der Waals surface area contributed by atoms with Crippen LogP contribution >= 0.6 is 11.6 Å². The first kappa shape index (κ1) is 12.7. The van der Waals surface area contributed by atoms with E-state index in [9.17, 15) is 4.39 Å². The van der Waals surface area contributed by atoms with E-state index in [0.29, 0.717) is 0 Å². The Kier molecular flexibility index (Phi) is 4.31. The van der Waals surface area contributed by atoms with Crippen LogP contribution in [0.5, 0.6) is 0 Å². The fraction of sp³-hybridized carbons (Fsp3) is 0.583. The second-order valence-corrected chi connectivity index (χ2v) is 4.68. The quantitative estimate of drug-likeness (QED) is 0.826. The fourth-order valence-electron chi connectivity index (χ4n) is 2.34. The van der Waals surface area contributed by atoms with Crippen LogP contribution in [0.4, 0.5) is 4.39 Å². The highest BCUT2D eigenvalue weighted by Crippen LogP contribution is 2.29. The van der Waals surface area contributed by atoms with E-state index in [1.54, 1.807) is 6.20 Å². The standard InChI is InChI=1S/C12H17ClFN3/c1-15-17-6-4-2-3-5-11(17)9-7-10(14)12(13)16-8-9/h7-8,11,15H,2-6H2,1H3/t11-/m1/s1. The third kappa shape index (κ3) is 2.94. The van der Waals surface area contributed by atoms with Gasteiger partial charge in [0.2, 0.25) is 0 Å². The zero-order valence-electron chi connectivity index (χ0n) is 9.92. The molecule has 1 aromatic heterocycles. The Morgan fingerprint density at radius 1 is 1.47 bits per heavy atom. The number of halogens is 2. The Morgan fingerprint density at radius 3 is 3.00 bits per heavy atom. The van der Waals surface area contributed by atoms with Gasteiger partial charge >= 0.3 is 0 Å². The van der Waals surface area contributed by atoms with Gasteiger partial charge in [-0.15, -0.1) is 0 Å². The first-order valence-electron chi connectivity index (χ1n) is 5.97. The first-order valence-corrected chi connectivity index (χ1v) is 6.35. The third-order valence-electron chi connectivity index (χ3n) is 3.24. The lowest BCUT2D eigenvalue weighted by molar-refractivity contribution is 0.142. The predicted octanol–water partition coefficient (Wildman–Crippen LogP) is 2.93. The second-order valence-electron chi connectivity index (χ2n) is 4.32. The van der Waals surface area contributed by atoms with Crippen LogP contribution in [-0.4, -0.2) is 23.6 Å². The van der Waals surface area contributed by atoms with Gasteiger partial charge in [-0.25, -0.2) is 14.4 Å². The minimum atomic E-state index is -0.440. The third-order valence-corrected chi connectivity index (χ3v) is 3.52. The topological polar surface area (TPSA) is 28.2 Å². The van der Waals surface area contributed by atoms with Gasteiger partial charge in [0.25, 0.3) is 0 Å². The molecule has 0 saturated carbocycles. The minimum Gasteiger partial charge on any atom is -0.258 e. The molecule has 2 rings (SSSR count). The molecule has 1 fully saturated rings. The maximum absolute atomic E-state index is 13.4. The molecule has 1 atom stereocenters. The molecule has 0 aliphatic carbocycles. The summed E-state index contributed by atoms with van der Waals surface area (Å²) in [7, 11) is 1.90. The van der Waals surface area contributed by atoms with Crippen molar-refractivity contribution in [2.75, 3.05) is 13.6 Å². The summed E-state index contributed by atoms with van der Waals surface area (Å²) in [5.74, 6) is -0.440. The zero-order chi connectivity index (χ0) is 12.3. The second kappa shape index (κ2) is 5.76. The molecular weight excluding hydrogens is 241 g/mol. The number of aromatic nitrogens is 1.